The minimum absolute atomic E-state index is 0.000160. The van der Waals surface area contributed by atoms with Gasteiger partial charge in [0.1, 0.15) is 0 Å². The van der Waals surface area contributed by atoms with Gasteiger partial charge in [0.25, 0.3) is 0 Å². The van der Waals surface area contributed by atoms with E-state index in [1.807, 2.05) is 10.8 Å². The number of ketones is 2. The van der Waals surface area contributed by atoms with Gasteiger partial charge in [-0.3, -0.25) is 9.59 Å². The van der Waals surface area contributed by atoms with Gasteiger partial charge in [-0.2, -0.15) is 11.3 Å². The maximum Gasteiger partial charge on any atom is 0.186 e. The average molecular weight is 232 g/mol. The molecule has 0 radical (unpaired) electrons. The van der Waals surface area contributed by atoms with Crippen LogP contribution >= 0.6 is 11.3 Å². The molecule has 0 saturated heterocycles. The molecule has 0 spiro atoms. The van der Waals surface area contributed by atoms with Crippen LogP contribution in [0.4, 0.5) is 0 Å². The molecule has 0 fully saturated rings. The lowest BCUT2D eigenvalue weighted by Gasteiger charge is -2.06. The van der Waals surface area contributed by atoms with Crippen molar-refractivity contribution in [1.82, 2.24) is 0 Å². The van der Waals surface area contributed by atoms with Crippen molar-refractivity contribution >= 4 is 22.9 Å². The molecule has 0 unspecified atom stereocenters. The second kappa shape index (κ2) is 5.03. The fraction of sp³-hybridized carbons (Fsp3) is 0.231. The number of hydrogen-bond donors (Lipinski definition) is 0. The van der Waals surface area contributed by atoms with E-state index in [1.54, 1.807) is 24.3 Å². The lowest BCUT2D eigenvalue weighted by Crippen LogP contribution is -2.01. The molecule has 16 heavy (non-hydrogen) atoms. The predicted octanol–water partition coefficient (Wildman–Crippen LogP) is 3.17. The Balaban J connectivity index is 2.04. The summed E-state index contributed by atoms with van der Waals surface area (Å²) in [5, 5.41) is 3.71. The smallest absolute Gasteiger partial charge is 0.186 e. The van der Waals surface area contributed by atoms with Crippen LogP contribution in [0.3, 0.4) is 0 Å². The summed E-state index contributed by atoms with van der Waals surface area (Å²) in [5.41, 5.74) is 1.67. The van der Waals surface area contributed by atoms with Crippen LogP contribution < -0.4 is 0 Å². The van der Waals surface area contributed by atoms with Gasteiger partial charge >= 0.3 is 0 Å². The highest BCUT2D eigenvalue weighted by Gasteiger charge is 2.08. The van der Waals surface area contributed by atoms with Gasteiger partial charge in [0.15, 0.2) is 11.6 Å². The second-order valence-corrected chi connectivity index (χ2v) is 4.53. The largest absolute Gasteiger partial charge is 0.295 e. The van der Waals surface area contributed by atoms with E-state index in [1.165, 1.54) is 11.3 Å². The standard InChI is InChI=1S/C13H12O2S/c14-12-3-1-2-10(8-12)4-5-13(15)11-6-7-16-9-11/h4-9H,1-3H2. The Labute approximate surface area is 98.3 Å². The molecule has 1 aliphatic rings. The lowest BCUT2D eigenvalue weighted by atomic mass is 9.98. The highest BCUT2D eigenvalue weighted by atomic mass is 32.1. The van der Waals surface area contributed by atoms with E-state index in [-0.39, 0.29) is 11.6 Å². The minimum atomic E-state index is 0.000160. The highest BCUT2D eigenvalue weighted by molar-refractivity contribution is 7.08. The zero-order chi connectivity index (χ0) is 11.4. The van der Waals surface area contributed by atoms with Crippen molar-refractivity contribution in [3.8, 4) is 0 Å². The number of hydrogen-bond acceptors (Lipinski definition) is 3. The zero-order valence-corrected chi connectivity index (χ0v) is 9.63. The fourth-order valence-electron chi connectivity index (χ4n) is 1.63. The molecule has 1 aromatic rings. The molecule has 0 aromatic carbocycles. The maximum absolute atomic E-state index is 11.6. The first-order valence-corrected chi connectivity index (χ1v) is 6.18. The van der Waals surface area contributed by atoms with Crippen molar-refractivity contribution in [1.29, 1.82) is 0 Å². The first-order chi connectivity index (χ1) is 7.75. The summed E-state index contributed by atoms with van der Waals surface area (Å²) in [5.74, 6) is 0.161. The number of carbonyl (C=O) groups is 2. The molecular weight excluding hydrogens is 220 g/mol. The summed E-state index contributed by atoms with van der Waals surface area (Å²) in [7, 11) is 0. The lowest BCUT2D eigenvalue weighted by molar-refractivity contribution is -0.115. The van der Waals surface area contributed by atoms with Crippen LogP contribution in [0.5, 0.6) is 0 Å². The van der Waals surface area contributed by atoms with Gasteiger partial charge in [-0.15, -0.1) is 0 Å². The van der Waals surface area contributed by atoms with E-state index >= 15 is 0 Å². The number of thiophene rings is 1. The van der Waals surface area contributed by atoms with E-state index in [0.29, 0.717) is 12.0 Å². The van der Waals surface area contributed by atoms with Crippen LogP contribution in [0.15, 0.2) is 40.6 Å². The number of rotatable bonds is 3. The topological polar surface area (TPSA) is 34.1 Å². The van der Waals surface area contributed by atoms with Gasteiger partial charge in [-0.05, 0) is 42.0 Å². The molecule has 0 atom stereocenters. The Morgan fingerprint density at radius 2 is 2.25 bits per heavy atom. The molecule has 3 heteroatoms. The molecule has 0 N–H and O–H groups in total. The Bertz CT molecular complexity index is 452. The molecule has 1 heterocycles. The molecule has 0 aliphatic heterocycles. The SMILES string of the molecule is O=C1C=C(C=CC(=O)c2ccsc2)CCC1. The maximum atomic E-state index is 11.6. The highest BCUT2D eigenvalue weighted by Crippen LogP contribution is 2.16. The molecule has 2 rings (SSSR count). The van der Waals surface area contributed by atoms with Gasteiger partial charge < -0.3 is 0 Å². The monoisotopic (exact) mass is 232 g/mol. The van der Waals surface area contributed by atoms with Gasteiger partial charge in [0.05, 0.1) is 0 Å². The van der Waals surface area contributed by atoms with Gasteiger partial charge in [-0.1, -0.05) is 6.08 Å². The van der Waals surface area contributed by atoms with Crippen molar-refractivity contribution < 1.29 is 9.59 Å². The third-order valence-corrected chi connectivity index (χ3v) is 3.17. The molecule has 1 aromatic heterocycles. The van der Waals surface area contributed by atoms with Crippen molar-refractivity contribution in [3.63, 3.8) is 0 Å². The summed E-state index contributed by atoms with van der Waals surface area (Å²) in [4.78, 5) is 22.8. The first-order valence-electron chi connectivity index (χ1n) is 5.24. The van der Waals surface area contributed by atoms with Crippen LogP contribution in [-0.4, -0.2) is 11.6 Å². The van der Waals surface area contributed by atoms with Crippen LogP contribution in [-0.2, 0) is 4.79 Å². The Morgan fingerprint density at radius 3 is 2.94 bits per heavy atom. The van der Waals surface area contributed by atoms with Gasteiger partial charge in [-0.25, -0.2) is 0 Å². The normalized spacial score (nSPS) is 16.5. The quantitative estimate of drug-likeness (QED) is 0.592. The summed E-state index contributed by atoms with van der Waals surface area (Å²) in [6.07, 6.45) is 7.36. The second-order valence-electron chi connectivity index (χ2n) is 3.75. The Kier molecular flexibility index (Phi) is 3.47. The van der Waals surface area contributed by atoms with Gasteiger partial charge in [0.2, 0.25) is 0 Å². The third-order valence-electron chi connectivity index (χ3n) is 2.49. The van der Waals surface area contributed by atoms with Crippen molar-refractivity contribution in [2.45, 2.75) is 19.3 Å². The van der Waals surface area contributed by atoms with E-state index in [0.717, 1.165) is 18.4 Å². The van der Waals surface area contributed by atoms with Gasteiger partial charge in [0, 0.05) is 17.4 Å². The predicted molar refractivity (Wildman–Crippen MR) is 64.7 cm³/mol. The van der Waals surface area contributed by atoms with Crippen molar-refractivity contribution in [3.05, 3.63) is 46.2 Å². The van der Waals surface area contributed by atoms with E-state index < -0.39 is 0 Å². The van der Waals surface area contributed by atoms with E-state index in [4.69, 9.17) is 0 Å². The first kappa shape index (κ1) is 11.0. The van der Waals surface area contributed by atoms with E-state index in [2.05, 4.69) is 0 Å². The minimum Gasteiger partial charge on any atom is -0.295 e. The molecular formula is C13H12O2S. The summed E-state index contributed by atoms with van der Waals surface area (Å²) < 4.78 is 0. The van der Waals surface area contributed by atoms with Crippen LogP contribution in [0.1, 0.15) is 29.6 Å². The number of carbonyl (C=O) groups excluding carboxylic acids is 2. The third kappa shape index (κ3) is 2.76. The van der Waals surface area contributed by atoms with Crippen molar-refractivity contribution in [2.24, 2.45) is 0 Å². The van der Waals surface area contributed by atoms with Crippen LogP contribution in [0.25, 0.3) is 0 Å². The molecule has 0 saturated carbocycles. The van der Waals surface area contributed by atoms with Crippen LogP contribution in [0.2, 0.25) is 0 Å². The molecule has 0 bridgehead atoms. The zero-order valence-electron chi connectivity index (χ0n) is 8.81. The molecule has 2 nitrogen and oxygen atoms in total. The summed E-state index contributed by atoms with van der Waals surface area (Å²) in [6.45, 7) is 0. The summed E-state index contributed by atoms with van der Waals surface area (Å²) in [6, 6.07) is 1.80. The Morgan fingerprint density at radius 1 is 1.38 bits per heavy atom. The number of allylic oxidation sites excluding steroid dienone is 4. The van der Waals surface area contributed by atoms with Crippen molar-refractivity contribution in [2.75, 3.05) is 0 Å². The Hall–Kier alpha value is -1.48. The average Bonchev–Trinajstić information content (AvgIpc) is 2.79. The molecule has 1 aliphatic carbocycles. The van der Waals surface area contributed by atoms with Crippen LogP contribution in [0, 0.1) is 0 Å². The fourth-order valence-corrected chi connectivity index (χ4v) is 2.28. The van der Waals surface area contributed by atoms with E-state index in [9.17, 15) is 9.59 Å². The molecule has 0 amide bonds. The summed E-state index contributed by atoms with van der Waals surface area (Å²) >= 11 is 1.51. The molecule has 82 valence electrons.